The fourth-order valence-electron chi connectivity index (χ4n) is 5.10. The summed E-state index contributed by atoms with van der Waals surface area (Å²) >= 11 is 0. The minimum atomic E-state index is -0.177. The molecule has 0 saturated carbocycles. The number of nitrogens with zero attached hydrogens (tertiary/aromatic N) is 4. The topological polar surface area (TPSA) is 79.7 Å². The smallest absolute Gasteiger partial charge is 0.322 e. The molecule has 38 heavy (non-hydrogen) atoms. The maximum atomic E-state index is 13.9. The van der Waals surface area contributed by atoms with Crippen LogP contribution in [0.5, 0.6) is 5.75 Å². The molecule has 0 radical (unpaired) electrons. The molecule has 2 amide bonds. The quantitative estimate of drug-likeness (QED) is 0.390. The van der Waals surface area contributed by atoms with E-state index < -0.39 is 0 Å². The molecule has 0 aliphatic carbocycles. The highest BCUT2D eigenvalue weighted by Gasteiger charge is 2.32. The molecule has 1 N–H and O–H groups in total. The van der Waals surface area contributed by atoms with Crippen LogP contribution in [0.4, 0.5) is 10.5 Å². The molecule has 1 aromatic heterocycles. The largest absolute Gasteiger partial charge is 0.492 e. The van der Waals surface area contributed by atoms with E-state index >= 15 is 0 Å². The van der Waals surface area contributed by atoms with Crippen LogP contribution in [0.3, 0.4) is 0 Å². The van der Waals surface area contributed by atoms with Gasteiger partial charge in [0.05, 0.1) is 29.2 Å². The lowest BCUT2D eigenvalue weighted by molar-refractivity contribution is 0.0801. The summed E-state index contributed by atoms with van der Waals surface area (Å²) in [5.41, 5.74) is 1.99. The molecule has 8 heteroatoms. The number of urea groups is 1. The zero-order valence-corrected chi connectivity index (χ0v) is 22.0. The zero-order chi connectivity index (χ0) is 26.6. The Labute approximate surface area is 222 Å². The van der Waals surface area contributed by atoms with Crippen LogP contribution in [0.1, 0.15) is 32.6 Å². The predicted octanol–water partition coefficient (Wildman–Crippen LogP) is 5.08. The van der Waals surface area contributed by atoms with Gasteiger partial charge >= 0.3 is 6.03 Å². The standard InChI is InChI=1S/C30H33N5O3/c1-4-38-27-17-11-10-16-26(27)35-28(32-25-15-9-8-14-24(25)29(35)36)22(3)33-18-19-34(21(2)20-33)30(37)31-23-12-6-5-7-13-23/h5-17,21-22H,4,18-20H2,1-3H3,(H,31,37). The Morgan fingerprint density at radius 2 is 1.74 bits per heavy atom. The Bertz CT molecular complexity index is 1490. The maximum absolute atomic E-state index is 13.9. The van der Waals surface area contributed by atoms with Gasteiger partial charge in [-0.1, -0.05) is 42.5 Å². The number of aromatic nitrogens is 2. The van der Waals surface area contributed by atoms with Crippen LogP contribution in [-0.2, 0) is 0 Å². The molecule has 2 heterocycles. The lowest BCUT2D eigenvalue weighted by Crippen LogP contribution is -2.55. The second-order valence-corrected chi connectivity index (χ2v) is 9.54. The van der Waals surface area contributed by atoms with E-state index in [2.05, 4.69) is 24.1 Å². The van der Waals surface area contributed by atoms with Crippen molar-refractivity contribution in [2.45, 2.75) is 32.9 Å². The van der Waals surface area contributed by atoms with E-state index in [-0.39, 0.29) is 23.7 Å². The first-order chi connectivity index (χ1) is 18.5. The van der Waals surface area contributed by atoms with Crippen LogP contribution in [-0.4, -0.2) is 57.7 Å². The van der Waals surface area contributed by atoms with Gasteiger partial charge in [-0.2, -0.15) is 0 Å². The van der Waals surface area contributed by atoms with E-state index in [9.17, 15) is 9.59 Å². The molecule has 3 aromatic carbocycles. The Morgan fingerprint density at radius 3 is 2.50 bits per heavy atom. The molecule has 4 aromatic rings. The van der Waals surface area contributed by atoms with E-state index in [1.165, 1.54) is 0 Å². The van der Waals surface area contributed by atoms with Crippen molar-refractivity contribution in [2.24, 2.45) is 0 Å². The van der Waals surface area contributed by atoms with Crippen LogP contribution in [0.15, 0.2) is 83.7 Å². The SMILES string of the molecule is CCOc1ccccc1-n1c(C(C)N2CCN(C(=O)Nc3ccccc3)C(C)C2)nc2ccccc2c1=O. The molecule has 1 fully saturated rings. The van der Waals surface area contributed by atoms with E-state index in [0.717, 1.165) is 5.69 Å². The van der Waals surface area contributed by atoms with Gasteiger partial charge in [-0.15, -0.1) is 0 Å². The molecule has 2 atom stereocenters. The van der Waals surface area contributed by atoms with Crippen molar-refractivity contribution in [2.75, 3.05) is 31.6 Å². The monoisotopic (exact) mass is 511 g/mol. The number of hydrogen-bond donors (Lipinski definition) is 1. The van der Waals surface area contributed by atoms with Crippen molar-refractivity contribution >= 4 is 22.6 Å². The average Bonchev–Trinajstić information content (AvgIpc) is 2.94. The second kappa shape index (κ2) is 11.1. The van der Waals surface area contributed by atoms with Crippen LogP contribution >= 0.6 is 0 Å². The number of hydrogen-bond acceptors (Lipinski definition) is 5. The first-order valence-electron chi connectivity index (χ1n) is 13.1. The summed E-state index contributed by atoms with van der Waals surface area (Å²) in [4.78, 5) is 36.0. The van der Waals surface area contributed by atoms with Crippen molar-refractivity contribution in [3.63, 3.8) is 0 Å². The number of amides is 2. The van der Waals surface area contributed by atoms with Gasteiger partial charge in [-0.25, -0.2) is 9.78 Å². The third kappa shape index (κ3) is 4.99. The first-order valence-corrected chi connectivity index (χ1v) is 13.1. The van der Waals surface area contributed by atoms with Crippen LogP contribution in [0.2, 0.25) is 0 Å². The normalized spacial score (nSPS) is 16.8. The Kier molecular flexibility index (Phi) is 7.42. The zero-order valence-electron chi connectivity index (χ0n) is 22.0. The second-order valence-electron chi connectivity index (χ2n) is 9.54. The number of carbonyl (C=O) groups excluding carboxylic acids is 1. The number of fused-ring (bicyclic) bond motifs is 1. The number of carbonyl (C=O) groups is 1. The Balaban J connectivity index is 1.47. The molecule has 5 rings (SSSR count). The summed E-state index contributed by atoms with van der Waals surface area (Å²) in [6.45, 7) is 8.41. The third-order valence-electron chi connectivity index (χ3n) is 7.07. The lowest BCUT2D eigenvalue weighted by atomic mass is 10.1. The van der Waals surface area contributed by atoms with Crippen molar-refractivity contribution in [1.82, 2.24) is 19.4 Å². The number of anilines is 1. The highest BCUT2D eigenvalue weighted by Crippen LogP contribution is 2.29. The fraction of sp³-hybridized carbons (Fsp3) is 0.300. The molecule has 196 valence electrons. The third-order valence-corrected chi connectivity index (χ3v) is 7.07. The van der Waals surface area contributed by atoms with E-state index in [1.54, 1.807) is 4.57 Å². The number of ether oxygens (including phenoxy) is 1. The highest BCUT2D eigenvalue weighted by molar-refractivity contribution is 5.89. The molecule has 0 spiro atoms. The van der Waals surface area contributed by atoms with Crippen molar-refractivity contribution in [3.8, 4) is 11.4 Å². The summed E-state index contributed by atoms with van der Waals surface area (Å²) in [7, 11) is 0. The van der Waals surface area contributed by atoms with Crippen molar-refractivity contribution < 1.29 is 9.53 Å². The van der Waals surface area contributed by atoms with Gasteiger partial charge in [-0.3, -0.25) is 14.3 Å². The molecule has 1 aliphatic rings. The van der Waals surface area contributed by atoms with Gasteiger partial charge in [0.15, 0.2) is 0 Å². The minimum absolute atomic E-state index is 0.0220. The number of para-hydroxylation sites is 4. The van der Waals surface area contributed by atoms with Gasteiger partial charge in [0.25, 0.3) is 5.56 Å². The Hall–Kier alpha value is -4.17. The molecule has 0 bridgehead atoms. The summed E-state index contributed by atoms with van der Waals surface area (Å²) < 4.78 is 7.58. The van der Waals surface area contributed by atoms with Gasteiger partial charge in [0.1, 0.15) is 11.6 Å². The number of nitrogens with one attached hydrogen (secondary N) is 1. The van der Waals surface area contributed by atoms with Crippen molar-refractivity contribution in [3.05, 3.63) is 95.0 Å². The van der Waals surface area contributed by atoms with Crippen LogP contribution in [0, 0.1) is 0 Å². The van der Waals surface area contributed by atoms with Gasteiger partial charge in [0, 0.05) is 31.4 Å². The number of piperazine rings is 1. The molecular weight excluding hydrogens is 478 g/mol. The van der Waals surface area contributed by atoms with Gasteiger partial charge < -0.3 is 15.0 Å². The maximum Gasteiger partial charge on any atom is 0.322 e. The number of rotatable bonds is 6. The van der Waals surface area contributed by atoms with Gasteiger partial charge in [0.2, 0.25) is 0 Å². The molecule has 1 aliphatic heterocycles. The van der Waals surface area contributed by atoms with E-state index in [0.29, 0.717) is 54.4 Å². The molecule has 8 nitrogen and oxygen atoms in total. The summed E-state index contributed by atoms with van der Waals surface area (Å²) in [5.74, 6) is 1.29. The summed E-state index contributed by atoms with van der Waals surface area (Å²) in [6.07, 6.45) is 0. The fourth-order valence-corrected chi connectivity index (χ4v) is 5.10. The van der Waals surface area contributed by atoms with E-state index in [1.807, 2.05) is 90.7 Å². The predicted molar refractivity (Wildman–Crippen MR) is 150 cm³/mol. The average molecular weight is 512 g/mol. The van der Waals surface area contributed by atoms with Gasteiger partial charge in [-0.05, 0) is 57.2 Å². The Morgan fingerprint density at radius 1 is 1.03 bits per heavy atom. The number of benzene rings is 3. The van der Waals surface area contributed by atoms with Crippen LogP contribution in [0.25, 0.3) is 16.6 Å². The lowest BCUT2D eigenvalue weighted by Gasteiger charge is -2.42. The van der Waals surface area contributed by atoms with Crippen molar-refractivity contribution in [1.29, 1.82) is 0 Å². The molecule has 1 saturated heterocycles. The first kappa shape index (κ1) is 25.5. The molecule has 2 unspecified atom stereocenters. The highest BCUT2D eigenvalue weighted by atomic mass is 16.5. The molecular formula is C30H33N5O3. The van der Waals surface area contributed by atoms with Crippen LogP contribution < -0.4 is 15.6 Å². The summed E-state index contributed by atoms with van der Waals surface area (Å²) in [5, 5.41) is 3.55. The minimum Gasteiger partial charge on any atom is -0.492 e. The summed E-state index contributed by atoms with van der Waals surface area (Å²) in [6, 6.07) is 24.2. The van der Waals surface area contributed by atoms with E-state index in [4.69, 9.17) is 9.72 Å².